The van der Waals surface area contributed by atoms with Crippen LogP contribution in [0.5, 0.6) is 0 Å². The number of hydrogen-bond donors (Lipinski definition) is 1. The minimum Gasteiger partial charge on any atom is -0.346 e. The standard InChI is InChI=1S/C15H26N4O/c1-7-8-9-19(6)14-16-11(2)10-12(17-14)13(20)18-15(3,4)5/h10H,7-9H2,1-6H3,(H,18,20). The molecule has 0 spiro atoms. The summed E-state index contributed by atoms with van der Waals surface area (Å²) in [6.07, 6.45) is 2.20. The van der Waals surface area contributed by atoms with E-state index in [0.717, 1.165) is 25.1 Å². The largest absolute Gasteiger partial charge is 0.346 e. The van der Waals surface area contributed by atoms with Gasteiger partial charge in [-0.3, -0.25) is 4.79 Å². The molecule has 5 heteroatoms. The zero-order valence-electron chi connectivity index (χ0n) is 13.4. The lowest BCUT2D eigenvalue weighted by Gasteiger charge is -2.21. The normalized spacial score (nSPS) is 11.3. The van der Waals surface area contributed by atoms with Crippen molar-refractivity contribution in [2.24, 2.45) is 0 Å². The molecule has 0 saturated carbocycles. The smallest absolute Gasteiger partial charge is 0.270 e. The highest BCUT2D eigenvalue weighted by Crippen LogP contribution is 2.11. The van der Waals surface area contributed by atoms with Gasteiger partial charge in [0.25, 0.3) is 5.91 Å². The van der Waals surface area contributed by atoms with E-state index in [-0.39, 0.29) is 11.4 Å². The quantitative estimate of drug-likeness (QED) is 0.899. The minimum atomic E-state index is -0.274. The predicted octanol–water partition coefficient (Wildman–Crippen LogP) is 2.55. The summed E-state index contributed by atoms with van der Waals surface area (Å²) in [6.45, 7) is 10.8. The Morgan fingerprint density at radius 1 is 1.35 bits per heavy atom. The molecule has 1 rings (SSSR count). The van der Waals surface area contributed by atoms with Crippen molar-refractivity contribution in [3.8, 4) is 0 Å². The maximum absolute atomic E-state index is 12.2. The first-order valence-corrected chi connectivity index (χ1v) is 7.12. The minimum absolute atomic E-state index is 0.159. The van der Waals surface area contributed by atoms with Crippen molar-refractivity contribution in [3.63, 3.8) is 0 Å². The summed E-state index contributed by atoms with van der Waals surface area (Å²) < 4.78 is 0. The van der Waals surface area contributed by atoms with Crippen LogP contribution in [-0.2, 0) is 0 Å². The molecule has 0 fully saturated rings. The lowest BCUT2D eigenvalue weighted by atomic mass is 10.1. The average molecular weight is 278 g/mol. The van der Waals surface area contributed by atoms with E-state index in [9.17, 15) is 4.79 Å². The molecule has 0 aliphatic rings. The van der Waals surface area contributed by atoms with Crippen molar-refractivity contribution in [2.45, 2.75) is 53.0 Å². The van der Waals surface area contributed by atoms with Gasteiger partial charge < -0.3 is 10.2 Å². The molecule has 1 aromatic rings. The molecular weight excluding hydrogens is 252 g/mol. The SMILES string of the molecule is CCCCN(C)c1nc(C)cc(C(=O)NC(C)(C)C)n1. The van der Waals surface area contributed by atoms with Gasteiger partial charge in [0.1, 0.15) is 5.69 Å². The van der Waals surface area contributed by atoms with Crippen molar-refractivity contribution in [1.82, 2.24) is 15.3 Å². The number of rotatable bonds is 5. The van der Waals surface area contributed by atoms with E-state index in [0.29, 0.717) is 11.6 Å². The van der Waals surface area contributed by atoms with Crippen LogP contribution in [0.3, 0.4) is 0 Å². The van der Waals surface area contributed by atoms with E-state index >= 15 is 0 Å². The summed E-state index contributed by atoms with van der Waals surface area (Å²) >= 11 is 0. The van der Waals surface area contributed by atoms with E-state index in [2.05, 4.69) is 22.2 Å². The van der Waals surface area contributed by atoms with Crippen LogP contribution in [0.2, 0.25) is 0 Å². The van der Waals surface area contributed by atoms with Crippen molar-refractivity contribution in [3.05, 3.63) is 17.5 Å². The Kier molecular flexibility index (Phi) is 5.48. The molecule has 112 valence electrons. The molecule has 20 heavy (non-hydrogen) atoms. The van der Waals surface area contributed by atoms with Gasteiger partial charge in [-0.25, -0.2) is 9.97 Å². The highest BCUT2D eigenvalue weighted by Gasteiger charge is 2.18. The molecule has 0 unspecified atom stereocenters. The molecule has 1 amide bonds. The molecule has 0 aromatic carbocycles. The van der Waals surface area contributed by atoms with Gasteiger partial charge in [0.2, 0.25) is 5.95 Å². The zero-order chi connectivity index (χ0) is 15.3. The molecule has 0 bridgehead atoms. The van der Waals surface area contributed by atoms with Gasteiger partial charge in [-0.15, -0.1) is 0 Å². The maximum atomic E-state index is 12.2. The monoisotopic (exact) mass is 278 g/mol. The summed E-state index contributed by atoms with van der Waals surface area (Å²) in [6, 6.07) is 1.72. The number of hydrogen-bond acceptors (Lipinski definition) is 4. The molecule has 1 aromatic heterocycles. The molecule has 5 nitrogen and oxygen atoms in total. The first kappa shape index (κ1) is 16.4. The van der Waals surface area contributed by atoms with Crippen LogP contribution in [0.1, 0.15) is 56.7 Å². The first-order valence-electron chi connectivity index (χ1n) is 7.12. The second-order valence-electron chi connectivity index (χ2n) is 6.17. The third-order valence-corrected chi connectivity index (χ3v) is 2.75. The fraction of sp³-hybridized carbons (Fsp3) is 0.667. The molecule has 0 aliphatic carbocycles. The van der Waals surface area contributed by atoms with Crippen molar-refractivity contribution in [1.29, 1.82) is 0 Å². The van der Waals surface area contributed by atoms with Crippen molar-refractivity contribution >= 4 is 11.9 Å². The third kappa shape index (κ3) is 5.15. The van der Waals surface area contributed by atoms with Crippen LogP contribution in [0.4, 0.5) is 5.95 Å². The molecule has 0 radical (unpaired) electrons. The van der Waals surface area contributed by atoms with Gasteiger partial charge in [0, 0.05) is 24.8 Å². The van der Waals surface area contributed by atoms with E-state index in [1.165, 1.54) is 0 Å². The fourth-order valence-corrected chi connectivity index (χ4v) is 1.74. The molecular formula is C15H26N4O. The Balaban J connectivity index is 2.93. The van der Waals surface area contributed by atoms with Gasteiger partial charge in [-0.2, -0.15) is 0 Å². The molecule has 0 atom stereocenters. The van der Waals surface area contributed by atoms with Gasteiger partial charge in [-0.1, -0.05) is 13.3 Å². The number of aromatic nitrogens is 2. The van der Waals surface area contributed by atoms with Crippen LogP contribution in [0.15, 0.2) is 6.07 Å². The Morgan fingerprint density at radius 3 is 2.55 bits per heavy atom. The second kappa shape index (κ2) is 6.68. The lowest BCUT2D eigenvalue weighted by Crippen LogP contribution is -2.41. The molecule has 1 N–H and O–H groups in total. The van der Waals surface area contributed by atoms with Crippen LogP contribution >= 0.6 is 0 Å². The van der Waals surface area contributed by atoms with Crippen molar-refractivity contribution < 1.29 is 4.79 Å². The third-order valence-electron chi connectivity index (χ3n) is 2.75. The molecule has 0 aliphatic heterocycles. The van der Waals surface area contributed by atoms with Crippen LogP contribution in [0, 0.1) is 6.92 Å². The molecule has 0 saturated heterocycles. The summed E-state index contributed by atoms with van der Waals surface area (Å²) in [5.41, 5.74) is 0.952. The Morgan fingerprint density at radius 2 is 2.00 bits per heavy atom. The number of aryl methyl sites for hydroxylation is 1. The van der Waals surface area contributed by atoms with Gasteiger partial charge >= 0.3 is 0 Å². The lowest BCUT2D eigenvalue weighted by molar-refractivity contribution is 0.0914. The van der Waals surface area contributed by atoms with Crippen LogP contribution < -0.4 is 10.2 Å². The fourth-order valence-electron chi connectivity index (χ4n) is 1.74. The van der Waals surface area contributed by atoms with E-state index < -0.39 is 0 Å². The maximum Gasteiger partial charge on any atom is 0.270 e. The van der Waals surface area contributed by atoms with E-state index in [4.69, 9.17) is 0 Å². The average Bonchev–Trinajstić information content (AvgIpc) is 2.33. The predicted molar refractivity (Wildman–Crippen MR) is 82.2 cm³/mol. The highest BCUT2D eigenvalue weighted by molar-refractivity contribution is 5.93. The number of nitrogens with zero attached hydrogens (tertiary/aromatic N) is 3. The summed E-state index contributed by atoms with van der Waals surface area (Å²) in [5.74, 6) is 0.450. The summed E-state index contributed by atoms with van der Waals surface area (Å²) in [7, 11) is 1.95. The number of unbranched alkanes of at least 4 members (excludes halogenated alkanes) is 1. The summed E-state index contributed by atoms with van der Waals surface area (Å²) in [4.78, 5) is 22.9. The second-order valence-corrected chi connectivity index (χ2v) is 6.17. The summed E-state index contributed by atoms with van der Waals surface area (Å²) in [5, 5.41) is 2.92. The topological polar surface area (TPSA) is 58.1 Å². The van der Waals surface area contributed by atoms with Crippen molar-refractivity contribution in [2.75, 3.05) is 18.5 Å². The van der Waals surface area contributed by atoms with Crippen LogP contribution in [0.25, 0.3) is 0 Å². The Bertz CT molecular complexity index is 465. The zero-order valence-corrected chi connectivity index (χ0v) is 13.4. The van der Waals surface area contributed by atoms with Crippen LogP contribution in [-0.4, -0.2) is 35.0 Å². The number of carbonyl (C=O) groups excluding carboxylic acids is 1. The molecule has 1 heterocycles. The number of anilines is 1. The Labute approximate surface area is 121 Å². The number of nitrogens with one attached hydrogen (secondary N) is 1. The van der Waals surface area contributed by atoms with E-state index in [1.54, 1.807) is 6.07 Å². The highest BCUT2D eigenvalue weighted by atomic mass is 16.2. The Hall–Kier alpha value is -1.65. The van der Waals surface area contributed by atoms with E-state index in [1.807, 2.05) is 39.6 Å². The first-order chi connectivity index (χ1) is 9.23. The van der Waals surface area contributed by atoms with Gasteiger partial charge in [-0.05, 0) is 40.2 Å². The van der Waals surface area contributed by atoms with Gasteiger partial charge in [0.15, 0.2) is 0 Å². The number of amides is 1. The number of carbonyl (C=O) groups is 1. The van der Waals surface area contributed by atoms with Gasteiger partial charge in [0.05, 0.1) is 0 Å².